The van der Waals surface area contributed by atoms with E-state index in [0.717, 1.165) is 0 Å². The Kier molecular flexibility index (Phi) is 7.09. The second kappa shape index (κ2) is 8.74. The smallest absolute Gasteiger partial charge is 0.408 e. The number of nitrogens with one attached hydrogen (secondary N) is 1. The largest absolute Gasteiger partial charge is 0.465 e. The predicted molar refractivity (Wildman–Crippen MR) is 104 cm³/mol. The van der Waals surface area contributed by atoms with E-state index >= 15 is 0 Å². The second-order valence-electron chi connectivity index (χ2n) is 7.26. The molecule has 0 saturated carbocycles. The number of thiophene rings is 1. The molecule has 0 bridgehead atoms. The molecule has 27 heavy (non-hydrogen) atoms. The number of rotatable bonds is 5. The van der Waals surface area contributed by atoms with Crippen LogP contribution in [0.1, 0.15) is 36.0 Å². The Labute approximate surface area is 169 Å². The molecule has 0 aromatic carbocycles. The third kappa shape index (κ3) is 5.55. The highest BCUT2D eigenvalue weighted by Crippen LogP contribution is 2.43. The fourth-order valence-electron chi connectivity index (χ4n) is 2.84. The topological polar surface area (TPSA) is 88.1 Å². The number of methoxy groups -OCH3 is 1. The molecule has 2 heterocycles. The predicted octanol–water partition coefficient (Wildman–Crippen LogP) is 2.88. The van der Waals surface area contributed by atoms with Crippen LogP contribution in [-0.4, -0.2) is 61.8 Å². The van der Waals surface area contributed by atoms with Gasteiger partial charge in [-0.2, -0.15) is 0 Å². The molecule has 2 atom stereocenters. The van der Waals surface area contributed by atoms with Gasteiger partial charge in [0, 0.05) is 25.1 Å². The van der Waals surface area contributed by atoms with E-state index in [9.17, 15) is 19.1 Å². The van der Waals surface area contributed by atoms with Crippen molar-refractivity contribution in [1.82, 2.24) is 5.32 Å². The van der Waals surface area contributed by atoms with E-state index in [1.807, 2.05) is 0 Å². The zero-order valence-corrected chi connectivity index (χ0v) is 18.1. The summed E-state index contributed by atoms with van der Waals surface area (Å²) in [5.74, 6) is -0.509. The van der Waals surface area contributed by atoms with Crippen molar-refractivity contribution >= 4 is 45.0 Å². The lowest BCUT2D eigenvalue weighted by atomic mass is 10.0. The summed E-state index contributed by atoms with van der Waals surface area (Å²) >= 11 is 4.57. The maximum atomic E-state index is 14.3. The average molecular weight is 467 g/mol. The van der Waals surface area contributed by atoms with Crippen LogP contribution in [-0.2, 0) is 15.9 Å². The summed E-state index contributed by atoms with van der Waals surface area (Å²) in [7, 11) is 1.29. The van der Waals surface area contributed by atoms with Crippen molar-refractivity contribution in [3.05, 3.63) is 14.2 Å². The summed E-state index contributed by atoms with van der Waals surface area (Å²) in [6.07, 6.45) is -1.62. The van der Waals surface area contributed by atoms with E-state index < -0.39 is 29.9 Å². The van der Waals surface area contributed by atoms with Gasteiger partial charge < -0.3 is 24.8 Å². The molecule has 0 unspecified atom stereocenters. The Bertz CT molecular complexity index is 706. The maximum Gasteiger partial charge on any atom is 0.408 e. The van der Waals surface area contributed by atoms with Gasteiger partial charge >= 0.3 is 12.1 Å². The van der Waals surface area contributed by atoms with Gasteiger partial charge in [0.1, 0.15) is 16.6 Å². The Morgan fingerprint density at radius 3 is 2.70 bits per heavy atom. The van der Waals surface area contributed by atoms with Crippen molar-refractivity contribution in [3.63, 3.8) is 0 Å². The zero-order chi connectivity index (χ0) is 20.4. The molecule has 2 N–H and O–H groups in total. The van der Waals surface area contributed by atoms with Gasteiger partial charge in [-0.3, -0.25) is 0 Å². The highest BCUT2D eigenvalue weighted by molar-refractivity contribution is 9.11. The fourth-order valence-corrected chi connectivity index (χ4v) is 4.68. The van der Waals surface area contributed by atoms with E-state index in [1.165, 1.54) is 18.4 Å². The molecular weight excluding hydrogens is 443 g/mol. The summed E-state index contributed by atoms with van der Waals surface area (Å²) < 4.78 is 25.0. The average Bonchev–Trinajstić information content (AvgIpc) is 2.88. The van der Waals surface area contributed by atoms with Crippen molar-refractivity contribution < 1.29 is 28.6 Å². The Hall–Kier alpha value is -1.39. The lowest BCUT2D eigenvalue weighted by molar-refractivity contribution is 0.0483. The van der Waals surface area contributed by atoms with Crippen molar-refractivity contribution in [1.29, 1.82) is 0 Å². The number of aliphatic hydroxyl groups excluding tert-OH is 1. The lowest BCUT2D eigenvalue weighted by Crippen LogP contribution is -2.50. The van der Waals surface area contributed by atoms with Gasteiger partial charge in [0.25, 0.3) is 0 Å². The molecule has 0 aliphatic carbocycles. The molecule has 0 radical (unpaired) electrons. The number of hydrogen-bond donors (Lipinski definition) is 2. The Balaban J connectivity index is 2.23. The van der Waals surface area contributed by atoms with Gasteiger partial charge in [0.15, 0.2) is 0 Å². The standard InChI is InChI=1S/C17H24BrFN2O5S/c1-17(2,3)26-16(24)20-10(8-22)7-21-6-9(19)5-11-12(21)13(15(23)25-4)27-14(11)18/h9-10,22H,5-8H2,1-4H3,(H,20,24)/t9-,10-/m1/s1. The van der Waals surface area contributed by atoms with Gasteiger partial charge in [0.2, 0.25) is 0 Å². The summed E-state index contributed by atoms with van der Waals surface area (Å²) in [6.45, 7) is 5.01. The summed E-state index contributed by atoms with van der Waals surface area (Å²) in [6, 6.07) is -0.692. The van der Waals surface area contributed by atoms with Crippen LogP contribution in [0.3, 0.4) is 0 Å². The molecule has 1 aromatic rings. The SMILES string of the molecule is COC(=O)c1sc(Br)c2c1N(C[C@H](CO)NC(=O)OC(C)(C)C)C[C@H](F)C2. The monoisotopic (exact) mass is 466 g/mol. The zero-order valence-electron chi connectivity index (χ0n) is 15.7. The maximum absolute atomic E-state index is 14.3. The molecule has 1 aliphatic rings. The molecule has 0 fully saturated rings. The molecule has 10 heteroatoms. The number of aliphatic hydroxyl groups is 1. The van der Waals surface area contributed by atoms with Crippen LogP contribution in [0.5, 0.6) is 0 Å². The van der Waals surface area contributed by atoms with Crippen LogP contribution in [0, 0.1) is 0 Å². The highest BCUT2D eigenvalue weighted by atomic mass is 79.9. The summed E-state index contributed by atoms with van der Waals surface area (Å²) in [5.41, 5.74) is 0.591. The molecule has 1 aromatic heterocycles. The van der Waals surface area contributed by atoms with Crippen LogP contribution in [0.25, 0.3) is 0 Å². The molecule has 7 nitrogen and oxygen atoms in total. The first-order chi connectivity index (χ1) is 12.6. The van der Waals surface area contributed by atoms with Crippen LogP contribution in [0.4, 0.5) is 14.9 Å². The van der Waals surface area contributed by atoms with E-state index in [0.29, 0.717) is 19.9 Å². The summed E-state index contributed by atoms with van der Waals surface area (Å²) in [4.78, 5) is 26.1. The number of carbonyl (C=O) groups is 2. The molecule has 152 valence electrons. The number of anilines is 1. The fraction of sp³-hybridized carbons (Fsp3) is 0.647. The number of carbonyl (C=O) groups excluding carboxylic acids is 2. The number of alkyl carbamates (subject to hydrolysis) is 1. The number of alkyl halides is 1. The molecular formula is C17H24BrFN2O5S. The summed E-state index contributed by atoms with van der Waals surface area (Å²) in [5, 5.41) is 12.2. The highest BCUT2D eigenvalue weighted by Gasteiger charge is 2.34. The van der Waals surface area contributed by atoms with Crippen molar-refractivity contribution in [2.75, 3.05) is 31.7 Å². The van der Waals surface area contributed by atoms with Crippen molar-refractivity contribution in [3.8, 4) is 0 Å². The Morgan fingerprint density at radius 1 is 1.48 bits per heavy atom. The normalized spacial score (nSPS) is 17.9. The van der Waals surface area contributed by atoms with Gasteiger partial charge in [-0.05, 0) is 36.7 Å². The molecule has 1 aliphatic heterocycles. The number of halogens is 2. The van der Waals surface area contributed by atoms with E-state index in [-0.39, 0.29) is 26.1 Å². The minimum Gasteiger partial charge on any atom is -0.465 e. The molecule has 0 saturated heterocycles. The molecule has 0 spiro atoms. The number of hydrogen-bond acceptors (Lipinski definition) is 7. The third-order valence-corrected chi connectivity index (χ3v) is 5.80. The quantitative estimate of drug-likeness (QED) is 0.648. The second-order valence-corrected chi connectivity index (χ2v) is 9.59. The van der Waals surface area contributed by atoms with Crippen LogP contribution < -0.4 is 10.2 Å². The minimum absolute atomic E-state index is 0.0483. The van der Waals surface area contributed by atoms with E-state index in [4.69, 9.17) is 9.47 Å². The van der Waals surface area contributed by atoms with Crippen LogP contribution in [0.2, 0.25) is 0 Å². The van der Waals surface area contributed by atoms with Crippen molar-refractivity contribution in [2.45, 2.75) is 45.0 Å². The van der Waals surface area contributed by atoms with Crippen molar-refractivity contribution in [2.24, 2.45) is 0 Å². The van der Waals surface area contributed by atoms with Crippen LogP contribution >= 0.6 is 27.3 Å². The van der Waals surface area contributed by atoms with Gasteiger partial charge in [-0.15, -0.1) is 11.3 Å². The third-order valence-electron chi connectivity index (χ3n) is 3.84. The van der Waals surface area contributed by atoms with E-state index in [1.54, 1.807) is 25.7 Å². The first-order valence-electron chi connectivity index (χ1n) is 8.44. The number of nitrogens with zero attached hydrogens (tertiary/aromatic N) is 1. The number of esters is 1. The van der Waals surface area contributed by atoms with E-state index in [2.05, 4.69) is 21.2 Å². The minimum atomic E-state index is -1.13. The van der Waals surface area contributed by atoms with Gasteiger partial charge in [-0.1, -0.05) is 0 Å². The number of fused-ring (bicyclic) bond motifs is 1. The molecule has 2 rings (SSSR count). The van der Waals surface area contributed by atoms with Gasteiger partial charge in [-0.25, -0.2) is 14.0 Å². The number of ether oxygens (including phenoxy) is 2. The molecule has 1 amide bonds. The Morgan fingerprint density at radius 2 is 2.15 bits per heavy atom. The van der Waals surface area contributed by atoms with Gasteiger partial charge in [0.05, 0.1) is 29.2 Å². The lowest BCUT2D eigenvalue weighted by Gasteiger charge is -2.34. The first-order valence-corrected chi connectivity index (χ1v) is 10.1. The van der Waals surface area contributed by atoms with Crippen LogP contribution in [0.15, 0.2) is 3.79 Å². The first kappa shape index (κ1) is 21.9. The number of amides is 1.